The number of para-hydroxylation sites is 1. The monoisotopic (exact) mass is 756 g/mol. The molecule has 3 fully saturated rings. The zero-order chi connectivity index (χ0) is 37.4. The smallest absolute Gasteiger partial charge is 0.418 e. The highest BCUT2D eigenvalue weighted by Gasteiger charge is 2.38. The van der Waals surface area contributed by atoms with Gasteiger partial charge in [0.15, 0.2) is 6.10 Å². The first kappa shape index (κ1) is 37.0. The van der Waals surface area contributed by atoms with Crippen molar-refractivity contribution in [1.29, 1.82) is 0 Å². The number of imidazole rings is 1. The van der Waals surface area contributed by atoms with Gasteiger partial charge in [-0.25, -0.2) is 9.59 Å². The van der Waals surface area contributed by atoms with Crippen molar-refractivity contribution in [2.75, 3.05) is 71.8 Å². The molecular weight excluding hydrogens is 713 g/mol. The zero-order valence-corrected chi connectivity index (χ0v) is 30.5. The number of hydrogen-bond donors (Lipinski definition) is 2. The predicted molar refractivity (Wildman–Crippen MR) is 196 cm³/mol. The molecule has 0 aliphatic carbocycles. The van der Waals surface area contributed by atoms with Crippen LogP contribution in [0, 0.1) is 0 Å². The summed E-state index contributed by atoms with van der Waals surface area (Å²) < 4.78 is 49.8. The number of piperazine rings is 1. The van der Waals surface area contributed by atoms with Gasteiger partial charge in [-0.05, 0) is 56.5 Å². The van der Waals surface area contributed by atoms with Crippen LogP contribution in [0.3, 0.4) is 0 Å². The summed E-state index contributed by atoms with van der Waals surface area (Å²) in [6.07, 6.45) is -3.01. The number of amides is 2. The van der Waals surface area contributed by atoms with Crippen molar-refractivity contribution < 1.29 is 27.5 Å². The standard InChI is InChI=1S/C37H44ClF3N8O4/c1-42-33-27(37(39,40)41)19-23(20-28(33)38)21-31(34(50)47-11-7-24(8-12-47)46-17-15-45(2)16-18-46)53-36(52)48-13-9-25(10-14-48)49-30-22-43-29-6-4-3-5-26(29)32(30)44-35(49)51/h3-6,19-20,22,24-25,31,42H,7-18,21H2,1-2H3,(H,44,51)/t31-/m1/s1. The van der Waals surface area contributed by atoms with Crippen LogP contribution in [0.2, 0.25) is 5.02 Å². The van der Waals surface area contributed by atoms with E-state index in [1.165, 1.54) is 18.0 Å². The third kappa shape index (κ3) is 7.69. The molecule has 284 valence electrons. The molecule has 3 aliphatic heterocycles. The molecule has 5 heterocycles. The zero-order valence-electron chi connectivity index (χ0n) is 29.8. The summed E-state index contributed by atoms with van der Waals surface area (Å²) in [5.74, 6) is -0.447. The highest BCUT2D eigenvalue weighted by atomic mass is 35.5. The average Bonchev–Trinajstić information content (AvgIpc) is 3.50. The number of benzene rings is 2. The Morgan fingerprint density at radius 2 is 1.64 bits per heavy atom. The van der Waals surface area contributed by atoms with Crippen molar-refractivity contribution in [2.45, 2.75) is 56.5 Å². The summed E-state index contributed by atoms with van der Waals surface area (Å²) in [4.78, 5) is 56.4. The van der Waals surface area contributed by atoms with E-state index in [-0.39, 0.29) is 47.5 Å². The highest BCUT2D eigenvalue weighted by Crippen LogP contribution is 2.40. The van der Waals surface area contributed by atoms with Gasteiger partial charge in [-0.15, -0.1) is 0 Å². The number of halogens is 4. The maximum Gasteiger partial charge on any atom is 0.418 e. The third-order valence-corrected chi connectivity index (χ3v) is 11.3. The van der Waals surface area contributed by atoms with E-state index in [1.54, 1.807) is 15.7 Å². The number of carbonyl (C=O) groups excluding carboxylic acids is 2. The van der Waals surface area contributed by atoms with E-state index in [0.717, 1.165) is 56.0 Å². The van der Waals surface area contributed by atoms with Gasteiger partial charge >= 0.3 is 18.0 Å². The van der Waals surface area contributed by atoms with E-state index in [4.69, 9.17) is 16.3 Å². The Morgan fingerprint density at radius 3 is 2.32 bits per heavy atom. The summed E-state index contributed by atoms with van der Waals surface area (Å²) >= 11 is 6.30. The summed E-state index contributed by atoms with van der Waals surface area (Å²) in [6.45, 7) is 5.29. The minimum Gasteiger partial charge on any atom is -0.436 e. The third-order valence-electron chi connectivity index (χ3n) is 11.0. The van der Waals surface area contributed by atoms with Crippen LogP contribution in [0.5, 0.6) is 0 Å². The molecule has 0 saturated carbocycles. The summed E-state index contributed by atoms with van der Waals surface area (Å²) in [7, 11) is 3.45. The second kappa shape index (κ2) is 15.2. The second-order valence-corrected chi connectivity index (χ2v) is 14.7. The first-order chi connectivity index (χ1) is 25.4. The van der Waals surface area contributed by atoms with Crippen molar-refractivity contribution in [3.8, 4) is 0 Å². The van der Waals surface area contributed by atoms with Crippen LogP contribution in [0.4, 0.5) is 23.7 Å². The number of likely N-dealkylation sites (tertiary alicyclic amines) is 2. The average molecular weight is 757 g/mol. The van der Waals surface area contributed by atoms with Crippen LogP contribution >= 0.6 is 11.6 Å². The van der Waals surface area contributed by atoms with Crippen LogP contribution in [0.15, 0.2) is 47.4 Å². The van der Waals surface area contributed by atoms with Crippen LogP contribution < -0.4 is 11.0 Å². The van der Waals surface area contributed by atoms with Crippen molar-refractivity contribution in [2.24, 2.45) is 0 Å². The number of carbonyl (C=O) groups is 2. The molecule has 7 rings (SSSR count). The van der Waals surface area contributed by atoms with E-state index in [2.05, 4.69) is 32.1 Å². The number of piperidine rings is 2. The molecule has 16 heteroatoms. The van der Waals surface area contributed by atoms with E-state index in [1.807, 2.05) is 24.3 Å². The SMILES string of the molecule is CNc1c(Cl)cc(C[C@@H](OC(=O)N2CCC(n3c(=O)[nH]c4c5ccccc5ncc43)CC2)C(=O)N2CCC(N3CCN(C)CC3)CC2)cc1C(F)(F)F. The Bertz CT molecular complexity index is 2030. The molecule has 4 aromatic rings. The van der Waals surface area contributed by atoms with Gasteiger partial charge < -0.3 is 29.7 Å². The fourth-order valence-corrected chi connectivity index (χ4v) is 8.42. The molecule has 0 unspecified atom stereocenters. The Labute approximate surface area is 309 Å². The van der Waals surface area contributed by atoms with Crippen LogP contribution in [0.1, 0.15) is 42.9 Å². The number of nitrogens with zero attached hydrogens (tertiary/aromatic N) is 6. The maximum atomic E-state index is 14.1. The number of likely N-dealkylation sites (N-methyl/N-ethyl adjacent to an activating group) is 1. The number of anilines is 1. The van der Waals surface area contributed by atoms with Gasteiger partial charge in [0.05, 0.1) is 39.0 Å². The Hall–Kier alpha value is -4.34. The Kier molecular flexibility index (Phi) is 10.6. The number of fused-ring (bicyclic) bond motifs is 3. The molecule has 0 spiro atoms. The lowest BCUT2D eigenvalue weighted by atomic mass is 9.99. The van der Waals surface area contributed by atoms with Gasteiger partial charge in [-0.2, -0.15) is 13.2 Å². The lowest BCUT2D eigenvalue weighted by molar-refractivity contribution is -0.142. The number of hydrogen-bond acceptors (Lipinski definition) is 8. The largest absolute Gasteiger partial charge is 0.436 e. The lowest BCUT2D eigenvalue weighted by Gasteiger charge is -2.42. The minimum absolute atomic E-state index is 0.123. The van der Waals surface area contributed by atoms with Crippen molar-refractivity contribution in [3.63, 3.8) is 0 Å². The van der Waals surface area contributed by atoms with Gasteiger partial charge in [0.2, 0.25) is 0 Å². The van der Waals surface area contributed by atoms with Gasteiger partial charge in [-0.1, -0.05) is 29.8 Å². The van der Waals surface area contributed by atoms with Gasteiger partial charge in [0.25, 0.3) is 5.91 Å². The lowest BCUT2D eigenvalue weighted by Crippen LogP contribution is -2.54. The number of ether oxygens (including phenoxy) is 1. The number of rotatable bonds is 7. The molecule has 2 N–H and O–H groups in total. The Balaban J connectivity index is 1.07. The summed E-state index contributed by atoms with van der Waals surface area (Å²) in [5.41, 5.74) is 0.775. The fourth-order valence-electron chi connectivity index (χ4n) is 8.08. The minimum atomic E-state index is -4.71. The molecule has 2 amide bonds. The molecule has 0 bridgehead atoms. The highest BCUT2D eigenvalue weighted by molar-refractivity contribution is 6.33. The summed E-state index contributed by atoms with van der Waals surface area (Å²) in [5, 5.41) is 3.20. The molecule has 0 radical (unpaired) electrons. The predicted octanol–water partition coefficient (Wildman–Crippen LogP) is 5.21. The van der Waals surface area contributed by atoms with E-state index in [0.29, 0.717) is 43.0 Å². The number of aromatic nitrogens is 3. The number of aromatic amines is 1. The van der Waals surface area contributed by atoms with Gasteiger partial charge in [-0.3, -0.25) is 19.2 Å². The fraction of sp³-hybridized carbons (Fsp3) is 0.514. The molecule has 53 heavy (non-hydrogen) atoms. The second-order valence-electron chi connectivity index (χ2n) is 14.3. The van der Waals surface area contributed by atoms with E-state index >= 15 is 0 Å². The Morgan fingerprint density at radius 1 is 0.981 bits per heavy atom. The molecule has 3 aliphatic rings. The normalized spacial score (nSPS) is 19.2. The number of H-pyrrole nitrogens is 1. The van der Waals surface area contributed by atoms with E-state index in [9.17, 15) is 27.6 Å². The maximum absolute atomic E-state index is 14.1. The number of alkyl halides is 3. The van der Waals surface area contributed by atoms with Crippen molar-refractivity contribution in [3.05, 3.63) is 69.2 Å². The van der Waals surface area contributed by atoms with Crippen LogP contribution in [-0.4, -0.2) is 125 Å². The first-order valence-electron chi connectivity index (χ1n) is 18.1. The van der Waals surface area contributed by atoms with Gasteiger partial charge in [0, 0.05) is 83.3 Å². The molecular formula is C37H44ClF3N8O4. The van der Waals surface area contributed by atoms with E-state index < -0.39 is 29.8 Å². The number of pyridine rings is 1. The van der Waals surface area contributed by atoms with Crippen LogP contribution in [-0.2, 0) is 22.1 Å². The van der Waals surface area contributed by atoms with Crippen molar-refractivity contribution >= 4 is 51.2 Å². The molecule has 2 aromatic carbocycles. The summed E-state index contributed by atoms with van der Waals surface area (Å²) in [6, 6.07) is 10.0. The first-order valence-corrected chi connectivity index (χ1v) is 18.5. The molecule has 2 aromatic heterocycles. The molecule has 3 saturated heterocycles. The van der Waals surface area contributed by atoms with Gasteiger partial charge in [0.1, 0.15) is 0 Å². The molecule has 1 atom stereocenters. The number of nitrogens with one attached hydrogen (secondary N) is 2. The quantitative estimate of drug-likeness (QED) is 0.264. The van der Waals surface area contributed by atoms with Crippen molar-refractivity contribution in [1.82, 2.24) is 34.1 Å². The topological polar surface area (TPSA) is 119 Å². The van der Waals surface area contributed by atoms with Crippen LogP contribution in [0.25, 0.3) is 21.9 Å². The molecule has 12 nitrogen and oxygen atoms in total.